The normalized spacial score (nSPS) is 13.8. The Kier molecular flexibility index (Phi) is 6.06. The van der Waals surface area contributed by atoms with E-state index in [0.29, 0.717) is 43.6 Å². The maximum Gasteiger partial charge on any atom is 0.229 e. The molecule has 0 radical (unpaired) electrons. The minimum atomic E-state index is -0.188. The third kappa shape index (κ3) is 4.79. The van der Waals surface area contributed by atoms with Gasteiger partial charge in [-0.3, -0.25) is 0 Å². The molecule has 1 aliphatic heterocycles. The first-order valence-electron chi connectivity index (χ1n) is 10.3. The number of hydrogen-bond acceptors (Lipinski definition) is 7. The van der Waals surface area contributed by atoms with Gasteiger partial charge in [0, 0.05) is 58.1 Å². The van der Waals surface area contributed by atoms with Gasteiger partial charge in [0.15, 0.2) is 0 Å². The predicted molar refractivity (Wildman–Crippen MR) is 123 cm³/mol. The minimum absolute atomic E-state index is 0.188. The summed E-state index contributed by atoms with van der Waals surface area (Å²) in [7, 11) is 5.56. The van der Waals surface area contributed by atoms with Crippen LogP contribution in [0.25, 0.3) is 0 Å². The van der Waals surface area contributed by atoms with Crippen LogP contribution in [0.1, 0.15) is 0 Å². The van der Waals surface area contributed by atoms with Crippen LogP contribution in [0.2, 0.25) is 0 Å². The molecule has 31 heavy (non-hydrogen) atoms. The van der Waals surface area contributed by atoms with E-state index < -0.39 is 0 Å². The lowest BCUT2D eigenvalue weighted by atomic mass is 10.2. The Bertz CT molecular complexity index is 1040. The second-order valence-corrected chi connectivity index (χ2v) is 7.59. The molecule has 2 aromatic carbocycles. The van der Waals surface area contributed by atoms with Gasteiger partial charge in [-0.1, -0.05) is 18.2 Å². The number of aromatic nitrogens is 2. The number of piperazine rings is 1. The highest BCUT2D eigenvalue weighted by atomic mass is 19.1. The van der Waals surface area contributed by atoms with E-state index in [9.17, 15) is 4.39 Å². The zero-order valence-corrected chi connectivity index (χ0v) is 18.0. The highest BCUT2D eigenvalue weighted by molar-refractivity contribution is 5.63. The van der Waals surface area contributed by atoms with E-state index in [0.717, 1.165) is 17.3 Å². The molecule has 1 fully saturated rings. The fourth-order valence-electron chi connectivity index (χ4n) is 3.56. The van der Waals surface area contributed by atoms with Crippen LogP contribution in [0, 0.1) is 5.82 Å². The van der Waals surface area contributed by atoms with Crippen LogP contribution >= 0.6 is 0 Å². The molecule has 8 heteroatoms. The van der Waals surface area contributed by atoms with Crippen molar-refractivity contribution in [3.8, 4) is 5.75 Å². The van der Waals surface area contributed by atoms with Crippen LogP contribution in [0.3, 0.4) is 0 Å². The van der Waals surface area contributed by atoms with Crippen molar-refractivity contribution in [1.82, 2.24) is 9.97 Å². The molecule has 0 bridgehead atoms. The molecule has 1 aliphatic rings. The Hall–Kier alpha value is -3.55. The number of para-hydroxylation sites is 1. The fourth-order valence-corrected chi connectivity index (χ4v) is 3.56. The molecule has 1 saturated heterocycles. The van der Waals surface area contributed by atoms with Gasteiger partial charge in [-0.2, -0.15) is 9.97 Å². The van der Waals surface area contributed by atoms with Gasteiger partial charge in [0.05, 0.1) is 12.8 Å². The quantitative estimate of drug-likeness (QED) is 0.649. The minimum Gasteiger partial charge on any atom is -0.497 e. The maximum absolute atomic E-state index is 14.1. The second kappa shape index (κ2) is 9.07. The van der Waals surface area contributed by atoms with E-state index in [1.54, 1.807) is 13.2 Å². The molecular formula is C23H27FN6O. The number of nitrogens with zero attached hydrogens (tertiary/aromatic N) is 5. The van der Waals surface area contributed by atoms with E-state index in [2.05, 4.69) is 15.1 Å². The van der Waals surface area contributed by atoms with Gasteiger partial charge in [-0.25, -0.2) is 4.39 Å². The van der Waals surface area contributed by atoms with E-state index in [1.807, 2.05) is 61.5 Å². The topological polar surface area (TPSA) is 56.8 Å². The van der Waals surface area contributed by atoms with E-state index in [1.165, 1.54) is 6.07 Å². The highest BCUT2D eigenvalue weighted by Gasteiger charge is 2.22. The van der Waals surface area contributed by atoms with Gasteiger partial charge in [0.25, 0.3) is 0 Å². The summed E-state index contributed by atoms with van der Waals surface area (Å²) >= 11 is 0. The monoisotopic (exact) mass is 422 g/mol. The smallest absolute Gasteiger partial charge is 0.229 e. The van der Waals surface area contributed by atoms with E-state index >= 15 is 0 Å². The summed E-state index contributed by atoms with van der Waals surface area (Å²) < 4.78 is 19.5. The van der Waals surface area contributed by atoms with Crippen molar-refractivity contribution in [2.24, 2.45) is 0 Å². The van der Waals surface area contributed by atoms with Crippen LogP contribution in [-0.4, -0.2) is 57.4 Å². The number of ether oxygens (including phenoxy) is 1. The Balaban J connectivity index is 1.53. The lowest BCUT2D eigenvalue weighted by Gasteiger charge is -2.36. The lowest BCUT2D eigenvalue weighted by Crippen LogP contribution is -2.47. The largest absolute Gasteiger partial charge is 0.497 e. The van der Waals surface area contributed by atoms with Gasteiger partial charge in [-0.05, 0) is 24.3 Å². The van der Waals surface area contributed by atoms with Crippen LogP contribution in [0.4, 0.5) is 33.3 Å². The first-order chi connectivity index (χ1) is 15.0. The van der Waals surface area contributed by atoms with Gasteiger partial charge < -0.3 is 24.8 Å². The standard InChI is InChI=1S/C23H27FN6O/c1-28(2)22-16-21(25-17-7-6-8-18(15-17)31-3)26-23(27-22)30-13-11-29(12-14-30)20-10-5-4-9-19(20)24/h4-10,15-16H,11-14H2,1-3H3,(H,25,26,27). The summed E-state index contributed by atoms with van der Waals surface area (Å²) in [6.07, 6.45) is 0. The zero-order valence-electron chi connectivity index (χ0n) is 18.0. The van der Waals surface area contributed by atoms with Gasteiger partial charge in [-0.15, -0.1) is 0 Å². The summed E-state index contributed by atoms with van der Waals surface area (Å²) in [4.78, 5) is 15.6. The summed E-state index contributed by atoms with van der Waals surface area (Å²) in [5.74, 6) is 2.76. The number of benzene rings is 2. The number of methoxy groups -OCH3 is 1. The maximum atomic E-state index is 14.1. The number of hydrogen-bond donors (Lipinski definition) is 1. The van der Waals surface area contributed by atoms with Crippen LogP contribution < -0.4 is 24.8 Å². The molecule has 1 aromatic heterocycles. The Morgan fingerprint density at radius 3 is 2.39 bits per heavy atom. The number of rotatable bonds is 6. The van der Waals surface area contributed by atoms with Gasteiger partial charge in [0.1, 0.15) is 23.2 Å². The van der Waals surface area contributed by atoms with Crippen molar-refractivity contribution in [2.75, 3.05) is 67.4 Å². The van der Waals surface area contributed by atoms with Crippen LogP contribution in [0.15, 0.2) is 54.6 Å². The van der Waals surface area contributed by atoms with Crippen molar-refractivity contribution in [3.05, 3.63) is 60.4 Å². The van der Waals surface area contributed by atoms with Crippen molar-refractivity contribution in [2.45, 2.75) is 0 Å². The second-order valence-electron chi connectivity index (χ2n) is 7.59. The third-order valence-electron chi connectivity index (χ3n) is 5.26. The zero-order chi connectivity index (χ0) is 21.8. The molecule has 1 N–H and O–H groups in total. The first kappa shape index (κ1) is 20.7. The van der Waals surface area contributed by atoms with Crippen molar-refractivity contribution in [1.29, 1.82) is 0 Å². The molecule has 2 heterocycles. The highest BCUT2D eigenvalue weighted by Crippen LogP contribution is 2.26. The molecule has 7 nitrogen and oxygen atoms in total. The molecule has 3 aromatic rings. The van der Waals surface area contributed by atoms with Crippen molar-refractivity contribution in [3.63, 3.8) is 0 Å². The van der Waals surface area contributed by atoms with Gasteiger partial charge >= 0.3 is 0 Å². The number of anilines is 5. The fraction of sp³-hybridized carbons (Fsp3) is 0.304. The molecule has 0 saturated carbocycles. The SMILES string of the molecule is COc1cccc(Nc2cc(N(C)C)nc(N3CCN(c4ccccc4F)CC3)n2)c1. The van der Waals surface area contributed by atoms with Crippen LogP contribution in [-0.2, 0) is 0 Å². The Morgan fingerprint density at radius 1 is 0.935 bits per heavy atom. The average molecular weight is 423 g/mol. The molecule has 0 aliphatic carbocycles. The van der Waals surface area contributed by atoms with E-state index in [-0.39, 0.29) is 5.82 Å². The van der Waals surface area contributed by atoms with Gasteiger partial charge in [0.2, 0.25) is 5.95 Å². The first-order valence-corrected chi connectivity index (χ1v) is 10.3. The summed E-state index contributed by atoms with van der Waals surface area (Å²) in [5, 5.41) is 3.35. The molecule has 0 spiro atoms. The Morgan fingerprint density at radius 2 is 1.68 bits per heavy atom. The third-order valence-corrected chi connectivity index (χ3v) is 5.26. The number of halogens is 1. The lowest BCUT2D eigenvalue weighted by molar-refractivity contribution is 0.415. The van der Waals surface area contributed by atoms with E-state index in [4.69, 9.17) is 14.7 Å². The summed E-state index contributed by atoms with van der Waals surface area (Å²) in [6, 6.07) is 16.5. The molecular weight excluding hydrogens is 395 g/mol. The summed E-state index contributed by atoms with van der Waals surface area (Å²) in [6.45, 7) is 2.83. The van der Waals surface area contributed by atoms with Crippen molar-refractivity contribution >= 4 is 29.0 Å². The molecule has 0 unspecified atom stereocenters. The molecule has 4 rings (SSSR count). The summed E-state index contributed by atoms with van der Waals surface area (Å²) in [5.41, 5.74) is 1.53. The number of nitrogens with one attached hydrogen (secondary N) is 1. The van der Waals surface area contributed by atoms with Crippen LogP contribution in [0.5, 0.6) is 5.75 Å². The molecule has 0 atom stereocenters. The predicted octanol–water partition coefficient (Wildman–Crippen LogP) is 3.76. The average Bonchev–Trinajstić information content (AvgIpc) is 2.79. The molecule has 162 valence electrons. The Labute approximate surface area is 182 Å². The van der Waals surface area contributed by atoms with Crippen molar-refractivity contribution < 1.29 is 9.13 Å². The molecule has 0 amide bonds.